The average Bonchev–Trinajstić information content (AvgIpc) is 2.70. The molecule has 1 saturated carbocycles. The SMILES string of the molecule is CC1CCC(O)C(CN(C)C2CCOC2C)C1. The maximum atomic E-state index is 10.1. The molecule has 5 unspecified atom stereocenters. The summed E-state index contributed by atoms with van der Waals surface area (Å²) in [5.41, 5.74) is 0. The molecule has 0 aromatic carbocycles. The second kappa shape index (κ2) is 5.68. The predicted octanol–water partition coefficient (Wildman–Crippen LogP) is 1.89. The van der Waals surface area contributed by atoms with Crippen LogP contribution in [0.5, 0.6) is 0 Å². The lowest BCUT2D eigenvalue weighted by atomic mass is 9.80. The minimum absolute atomic E-state index is 0.0914. The number of aliphatic hydroxyl groups is 1. The predicted molar refractivity (Wildman–Crippen MR) is 69.0 cm³/mol. The molecule has 2 fully saturated rings. The van der Waals surface area contributed by atoms with E-state index < -0.39 is 0 Å². The molecule has 1 heterocycles. The van der Waals surface area contributed by atoms with Gasteiger partial charge in [-0.05, 0) is 51.5 Å². The van der Waals surface area contributed by atoms with E-state index in [2.05, 4.69) is 25.8 Å². The van der Waals surface area contributed by atoms with Crippen molar-refractivity contribution in [3.8, 4) is 0 Å². The summed E-state index contributed by atoms with van der Waals surface area (Å²) in [5.74, 6) is 1.23. The number of aliphatic hydroxyl groups excluding tert-OH is 1. The van der Waals surface area contributed by atoms with E-state index in [0.29, 0.717) is 18.1 Å². The van der Waals surface area contributed by atoms with Crippen LogP contribution < -0.4 is 0 Å². The summed E-state index contributed by atoms with van der Waals surface area (Å²) in [4.78, 5) is 2.41. The van der Waals surface area contributed by atoms with Crippen molar-refractivity contribution in [1.82, 2.24) is 4.90 Å². The molecule has 0 aromatic rings. The molecule has 0 bridgehead atoms. The van der Waals surface area contributed by atoms with Gasteiger partial charge in [0.1, 0.15) is 0 Å². The minimum Gasteiger partial charge on any atom is -0.393 e. The highest BCUT2D eigenvalue weighted by molar-refractivity contribution is 4.85. The van der Waals surface area contributed by atoms with Gasteiger partial charge in [-0.25, -0.2) is 0 Å². The van der Waals surface area contributed by atoms with Gasteiger partial charge < -0.3 is 14.7 Å². The van der Waals surface area contributed by atoms with Gasteiger partial charge >= 0.3 is 0 Å². The molecule has 1 saturated heterocycles. The first-order chi connectivity index (χ1) is 8.08. The largest absolute Gasteiger partial charge is 0.393 e. The van der Waals surface area contributed by atoms with E-state index in [4.69, 9.17) is 4.74 Å². The third-order valence-corrected chi connectivity index (χ3v) is 4.63. The zero-order valence-corrected chi connectivity index (χ0v) is 11.4. The standard InChI is InChI=1S/C14H27NO2/c1-10-4-5-14(16)12(8-10)9-15(3)13-6-7-17-11(13)2/h10-14,16H,4-9H2,1-3H3. The monoisotopic (exact) mass is 241 g/mol. The second-order valence-electron chi connectivity index (χ2n) is 6.12. The van der Waals surface area contributed by atoms with Crippen LogP contribution in [-0.4, -0.2) is 48.5 Å². The summed E-state index contributed by atoms with van der Waals surface area (Å²) >= 11 is 0. The number of hydrogen-bond acceptors (Lipinski definition) is 3. The normalized spacial score (nSPS) is 43.2. The Hall–Kier alpha value is -0.120. The second-order valence-corrected chi connectivity index (χ2v) is 6.12. The minimum atomic E-state index is -0.0914. The molecule has 3 nitrogen and oxygen atoms in total. The highest BCUT2D eigenvalue weighted by Crippen LogP contribution is 2.30. The molecule has 2 aliphatic rings. The Bertz CT molecular complexity index is 246. The molecular formula is C14H27NO2. The Morgan fingerprint density at radius 2 is 2.00 bits per heavy atom. The van der Waals surface area contributed by atoms with E-state index in [1.165, 1.54) is 12.8 Å². The van der Waals surface area contributed by atoms with E-state index in [-0.39, 0.29) is 6.10 Å². The summed E-state index contributed by atoms with van der Waals surface area (Å²) in [6, 6.07) is 0.541. The van der Waals surface area contributed by atoms with Gasteiger partial charge in [-0.2, -0.15) is 0 Å². The maximum absolute atomic E-state index is 10.1. The number of likely N-dealkylation sites (N-methyl/N-ethyl adjacent to an activating group) is 1. The van der Waals surface area contributed by atoms with E-state index >= 15 is 0 Å². The molecule has 3 heteroatoms. The molecular weight excluding hydrogens is 214 g/mol. The number of ether oxygens (including phenoxy) is 1. The first-order valence-electron chi connectivity index (χ1n) is 7.08. The van der Waals surface area contributed by atoms with Crippen molar-refractivity contribution in [3.05, 3.63) is 0 Å². The summed E-state index contributed by atoms with van der Waals surface area (Å²) < 4.78 is 5.62. The van der Waals surface area contributed by atoms with Crippen LogP contribution in [-0.2, 0) is 4.74 Å². The van der Waals surface area contributed by atoms with Crippen LogP contribution >= 0.6 is 0 Å². The molecule has 17 heavy (non-hydrogen) atoms. The highest BCUT2D eigenvalue weighted by atomic mass is 16.5. The Balaban J connectivity index is 1.86. The Morgan fingerprint density at radius 3 is 2.65 bits per heavy atom. The lowest BCUT2D eigenvalue weighted by molar-refractivity contribution is 0.0177. The molecule has 5 atom stereocenters. The Labute approximate surface area is 105 Å². The van der Waals surface area contributed by atoms with Crippen molar-refractivity contribution in [2.45, 2.75) is 57.8 Å². The van der Waals surface area contributed by atoms with Crippen molar-refractivity contribution >= 4 is 0 Å². The number of rotatable bonds is 3. The quantitative estimate of drug-likeness (QED) is 0.819. The Morgan fingerprint density at radius 1 is 1.24 bits per heavy atom. The van der Waals surface area contributed by atoms with Crippen molar-refractivity contribution in [2.24, 2.45) is 11.8 Å². The average molecular weight is 241 g/mol. The van der Waals surface area contributed by atoms with Crippen molar-refractivity contribution in [1.29, 1.82) is 0 Å². The van der Waals surface area contributed by atoms with Crippen molar-refractivity contribution in [3.63, 3.8) is 0 Å². The first kappa shape index (κ1) is 13.3. The first-order valence-corrected chi connectivity index (χ1v) is 7.08. The molecule has 0 amide bonds. The number of hydrogen-bond donors (Lipinski definition) is 1. The molecule has 100 valence electrons. The van der Waals surface area contributed by atoms with Crippen LogP contribution in [0.25, 0.3) is 0 Å². The molecule has 0 radical (unpaired) electrons. The topological polar surface area (TPSA) is 32.7 Å². The molecule has 2 rings (SSSR count). The maximum Gasteiger partial charge on any atom is 0.0702 e. The zero-order valence-electron chi connectivity index (χ0n) is 11.4. The third-order valence-electron chi connectivity index (χ3n) is 4.63. The summed E-state index contributed by atoms with van der Waals surface area (Å²) in [6.07, 6.45) is 4.73. The number of nitrogens with zero attached hydrogens (tertiary/aromatic N) is 1. The lowest BCUT2D eigenvalue weighted by Crippen LogP contribution is -2.43. The van der Waals surface area contributed by atoms with E-state index in [0.717, 1.165) is 31.9 Å². The van der Waals surface area contributed by atoms with Crippen LogP contribution in [0.3, 0.4) is 0 Å². The van der Waals surface area contributed by atoms with Gasteiger partial charge in [-0.1, -0.05) is 6.92 Å². The van der Waals surface area contributed by atoms with E-state index in [1.54, 1.807) is 0 Å². The van der Waals surface area contributed by atoms with Crippen LogP contribution in [0.2, 0.25) is 0 Å². The molecule has 1 N–H and O–H groups in total. The fourth-order valence-electron chi connectivity index (χ4n) is 3.48. The van der Waals surface area contributed by atoms with Crippen LogP contribution in [0.1, 0.15) is 39.5 Å². The van der Waals surface area contributed by atoms with Gasteiger partial charge in [0, 0.05) is 19.2 Å². The Kier molecular flexibility index (Phi) is 4.45. The summed E-state index contributed by atoms with van der Waals surface area (Å²) in [7, 11) is 2.18. The van der Waals surface area contributed by atoms with Gasteiger partial charge in [0.25, 0.3) is 0 Å². The van der Waals surface area contributed by atoms with E-state index in [9.17, 15) is 5.11 Å². The van der Waals surface area contributed by atoms with Gasteiger partial charge in [0.15, 0.2) is 0 Å². The van der Waals surface area contributed by atoms with Gasteiger partial charge in [0.2, 0.25) is 0 Å². The van der Waals surface area contributed by atoms with Crippen LogP contribution in [0, 0.1) is 11.8 Å². The van der Waals surface area contributed by atoms with Crippen molar-refractivity contribution in [2.75, 3.05) is 20.2 Å². The van der Waals surface area contributed by atoms with Crippen molar-refractivity contribution < 1.29 is 9.84 Å². The van der Waals surface area contributed by atoms with Crippen LogP contribution in [0.15, 0.2) is 0 Å². The summed E-state index contributed by atoms with van der Waals surface area (Å²) in [5, 5.41) is 10.1. The molecule has 0 aromatic heterocycles. The molecule has 0 spiro atoms. The fourth-order valence-corrected chi connectivity index (χ4v) is 3.48. The van der Waals surface area contributed by atoms with E-state index in [1.807, 2.05) is 0 Å². The van der Waals surface area contributed by atoms with Crippen LogP contribution in [0.4, 0.5) is 0 Å². The molecule has 1 aliphatic heterocycles. The van der Waals surface area contributed by atoms with Gasteiger partial charge in [-0.3, -0.25) is 0 Å². The zero-order chi connectivity index (χ0) is 12.4. The fraction of sp³-hybridized carbons (Fsp3) is 1.00. The smallest absolute Gasteiger partial charge is 0.0702 e. The lowest BCUT2D eigenvalue weighted by Gasteiger charge is -2.36. The van der Waals surface area contributed by atoms with Gasteiger partial charge in [-0.15, -0.1) is 0 Å². The summed E-state index contributed by atoms with van der Waals surface area (Å²) in [6.45, 7) is 6.37. The third kappa shape index (κ3) is 3.21. The molecule has 1 aliphatic carbocycles. The highest BCUT2D eigenvalue weighted by Gasteiger charge is 2.32. The van der Waals surface area contributed by atoms with Gasteiger partial charge in [0.05, 0.1) is 12.2 Å².